The highest BCUT2D eigenvalue weighted by Crippen LogP contribution is 2.23. The van der Waals surface area contributed by atoms with Crippen molar-refractivity contribution in [3.05, 3.63) is 54.6 Å². The highest BCUT2D eigenvalue weighted by molar-refractivity contribution is 5.34. The summed E-state index contributed by atoms with van der Waals surface area (Å²) in [7, 11) is 0. The third-order valence-corrected chi connectivity index (χ3v) is 1.80. The summed E-state index contributed by atoms with van der Waals surface area (Å²) in [6, 6.07) is 6.44. The molecule has 1 rings (SSSR count). The van der Waals surface area contributed by atoms with Gasteiger partial charge >= 0.3 is 0 Å². The second-order valence-electron chi connectivity index (χ2n) is 2.78. The van der Waals surface area contributed by atoms with E-state index >= 15 is 0 Å². The minimum absolute atomic E-state index is 0.133. The fourth-order valence-electron chi connectivity index (χ4n) is 1.02. The van der Waals surface area contributed by atoms with E-state index in [1.54, 1.807) is 18.2 Å². The van der Waals surface area contributed by atoms with Crippen LogP contribution in [0, 0.1) is 0 Å². The Morgan fingerprint density at radius 1 is 1.46 bits per heavy atom. The zero-order valence-electron chi connectivity index (χ0n) is 7.27. The van der Waals surface area contributed by atoms with Crippen molar-refractivity contribution in [3.8, 4) is 5.75 Å². The number of rotatable bonds is 3. The zero-order chi connectivity index (χ0) is 9.84. The van der Waals surface area contributed by atoms with Gasteiger partial charge in [0.25, 0.3) is 0 Å². The van der Waals surface area contributed by atoms with Gasteiger partial charge in [0.15, 0.2) is 0 Å². The van der Waals surface area contributed by atoms with Crippen LogP contribution in [-0.4, -0.2) is 10.2 Å². The molecule has 1 aromatic rings. The normalized spacial score (nSPS) is 12.1. The highest BCUT2D eigenvalue weighted by Gasteiger charge is 2.08. The molecule has 1 atom stereocenters. The van der Waals surface area contributed by atoms with Crippen LogP contribution >= 0.6 is 0 Å². The average molecular weight is 176 g/mol. The summed E-state index contributed by atoms with van der Waals surface area (Å²) in [4.78, 5) is 0. The number of phenols is 1. The van der Waals surface area contributed by atoms with Gasteiger partial charge in [-0.3, -0.25) is 0 Å². The van der Waals surface area contributed by atoms with Crippen LogP contribution in [0.1, 0.15) is 11.7 Å². The quantitative estimate of drug-likeness (QED) is 0.693. The molecule has 0 aliphatic heterocycles. The lowest BCUT2D eigenvalue weighted by atomic mass is 10.0. The van der Waals surface area contributed by atoms with Gasteiger partial charge in [0.05, 0.1) is 0 Å². The molecule has 2 nitrogen and oxygen atoms in total. The second-order valence-corrected chi connectivity index (χ2v) is 2.78. The fraction of sp³-hybridized carbons (Fsp3) is 0.0909. The molecule has 0 spiro atoms. The number of aromatic hydroxyl groups is 1. The molecule has 0 saturated carbocycles. The van der Waals surface area contributed by atoms with Gasteiger partial charge in [-0.25, -0.2) is 0 Å². The summed E-state index contributed by atoms with van der Waals surface area (Å²) >= 11 is 0. The van der Waals surface area contributed by atoms with Gasteiger partial charge in [-0.05, 0) is 23.3 Å². The number of hydrogen-bond donors (Lipinski definition) is 2. The topological polar surface area (TPSA) is 40.5 Å². The van der Waals surface area contributed by atoms with Gasteiger partial charge in [-0.1, -0.05) is 31.4 Å². The van der Waals surface area contributed by atoms with Gasteiger partial charge in [0.1, 0.15) is 11.9 Å². The molecule has 2 heteroatoms. The predicted octanol–water partition coefficient (Wildman–Crippen LogP) is 2.17. The largest absolute Gasteiger partial charge is 0.508 e. The summed E-state index contributed by atoms with van der Waals surface area (Å²) < 4.78 is 0. The summed E-state index contributed by atoms with van der Waals surface area (Å²) in [6.07, 6.45) is 0.707. The molecule has 13 heavy (non-hydrogen) atoms. The van der Waals surface area contributed by atoms with Crippen LogP contribution in [0.3, 0.4) is 0 Å². The summed E-state index contributed by atoms with van der Waals surface area (Å²) in [5, 5.41) is 18.8. The minimum Gasteiger partial charge on any atom is -0.508 e. The Bertz CT molecular complexity index is 329. The molecule has 68 valence electrons. The number of aliphatic hydroxyl groups is 1. The third-order valence-electron chi connectivity index (χ3n) is 1.80. The van der Waals surface area contributed by atoms with E-state index in [4.69, 9.17) is 5.11 Å². The molecular weight excluding hydrogens is 164 g/mol. The molecular formula is C11H12O2. The lowest BCUT2D eigenvalue weighted by molar-refractivity contribution is 0.219. The first-order valence-corrected chi connectivity index (χ1v) is 3.93. The molecule has 0 aliphatic carbocycles. The molecule has 1 aromatic carbocycles. The van der Waals surface area contributed by atoms with Crippen molar-refractivity contribution in [2.45, 2.75) is 6.10 Å². The maximum Gasteiger partial charge on any atom is 0.115 e. The summed E-state index contributed by atoms with van der Waals surface area (Å²) in [6.45, 7) is 7.14. The minimum atomic E-state index is -0.787. The Balaban J connectivity index is 2.94. The van der Waals surface area contributed by atoms with Crippen LogP contribution < -0.4 is 0 Å². The molecule has 0 aliphatic rings. The standard InChI is InChI=1S/C11H12O2/c1-3-8(2)11(13)9-5-4-6-10(12)7-9/h3-7,11-13H,1-2H2. The van der Waals surface area contributed by atoms with Crippen LogP contribution in [0.4, 0.5) is 0 Å². The van der Waals surface area contributed by atoms with Crippen molar-refractivity contribution in [1.29, 1.82) is 0 Å². The fourth-order valence-corrected chi connectivity index (χ4v) is 1.02. The van der Waals surface area contributed by atoms with Gasteiger partial charge < -0.3 is 10.2 Å². The summed E-state index contributed by atoms with van der Waals surface area (Å²) in [5.74, 6) is 0.133. The van der Waals surface area contributed by atoms with Crippen LogP contribution in [0.5, 0.6) is 5.75 Å². The van der Waals surface area contributed by atoms with Crippen molar-refractivity contribution in [3.63, 3.8) is 0 Å². The van der Waals surface area contributed by atoms with Gasteiger partial charge in [-0.15, -0.1) is 0 Å². The second kappa shape index (κ2) is 3.92. The maximum absolute atomic E-state index is 9.63. The first-order valence-electron chi connectivity index (χ1n) is 3.93. The van der Waals surface area contributed by atoms with Crippen LogP contribution in [0.25, 0.3) is 0 Å². The Kier molecular flexibility index (Phi) is 2.88. The lowest BCUT2D eigenvalue weighted by Crippen LogP contribution is -1.97. The van der Waals surface area contributed by atoms with Crippen LogP contribution in [0.2, 0.25) is 0 Å². The predicted molar refractivity (Wildman–Crippen MR) is 52.4 cm³/mol. The van der Waals surface area contributed by atoms with Gasteiger partial charge in [-0.2, -0.15) is 0 Å². The molecule has 0 heterocycles. The van der Waals surface area contributed by atoms with Crippen molar-refractivity contribution in [1.82, 2.24) is 0 Å². The first kappa shape index (κ1) is 9.55. The lowest BCUT2D eigenvalue weighted by Gasteiger charge is -2.10. The molecule has 0 fully saturated rings. The zero-order valence-corrected chi connectivity index (χ0v) is 7.27. The van der Waals surface area contributed by atoms with Crippen molar-refractivity contribution < 1.29 is 10.2 Å². The van der Waals surface area contributed by atoms with E-state index in [0.29, 0.717) is 11.1 Å². The van der Waals surface area contributed by atoms with Crippen molar-refractivity contribution in [2.24, 2.45) is 0 Å². The maximum atomic E-state index is 9.63. The van der Waals surface area contributed by atoms with Gasteiger partial charge in [0, 0.05) is 0 Å². The molecule has 0 aromatic heterocycles. The summed E-state index contributed by atoms with van der Waals surface area (Å²) in [5.41, 5.74) is 1.13. The Morgan fingerprint density at radius 2 is 2.15 bits per heavy atom. The number of phenolic OH excluding ortho intramolecular Hbond substituents is 1. The van der Waals surface area contributed by atoms with E-state index in [9.17, 15) is 5.11 Å². The number of hydrogen-bond acceptors (Lipinski definition) is 2. The molecule has 2 N–H and O–H groups in total. The molecule has 0 radical (unpaired) electrons. The van der Waals surface area contributed by atoms with Crippen molar-refractivity contribution in [2.75, 3.05) is 0 Å². The van der Waals surface area contributed by atoms with E-state index in [1.165, 1.54) is 12.1 Å². The van der Waals surface area contributed by atoms with Crippen LogP contribution in [-0.2, 0) is 0 Å². The number of benzene rings is 1. The Morgan fingerprint density at radius 3 is 2.69 bits per heavy atom. The molecule has 1 unspecified atom stereocenters. The third kappa shape index (κ3) is 2.20. The Hall–Kier alpha value is -1.54. The monoisotopic (exact) mass is 176 g/mol. The first-order chi connectivity index (χ1) is 6.15. The van der Waals surface area contributed by atoms with E-state index < -0.39 is 6.10 Å². The molecule has 0 amide bonds. The van der Waals surface area contributed by atoms with E-state index in [-0.39, 0.29) is 5.75 Å². The Labute approximate surface area is 77.5 Å². The average Bonchev–Trinajstić information content (AvgIpc) is 2.15. The smallest absolute Gasteiger partial charge is 0.115 e. The van der Waals surface area contributed by atoms with Crippen LogP contribution in [0.15, 0.2) is 49.1 Å². The van der Waals surface area contributed by atoms with E-state index in [0.717, 1.165) is 0 Å². The molecule has 0 bridgehead atoms. The van der Waals surface area contributed by atoms with E-state index in [1.807, 2.05) is 0 Å². The number of aliphatic hydroxyl groups excluding tert-OH is 1. The highest BCUT2D eigenvalue weighted by atomic mass is 16.3. The molecule has 0 saturated heterocycles. The SMILES string of the molecule is C=CC(=C)C(O)c1cccc(O)c1. The van der Waals surface area contributed by atoms with Gasteiger partial charge in [0.2, 0.25) is 0 Å². The van der Waals surface area contributed by atoms with E-state index in [2.05, 4.69) is 13.2 Å². The van der Waals surface area contributed by atoms with Crippen molar-refractivity contribution >= 4 is 0 Å².